The highest BCUT2D eigenvalue weighted by Crippen LogP contribution is 2.16. The average molecular weight is 553 g/mol. The number of halogens is 1. The van der Waals surface area contributed by atoms with E-state index < -0.39 is 14.9 Å². The monoisotopic (exact) mass is 553 g/mol. The lowest BCUT2D eigenvalue weighted by Gasteiger charge is -2.11. The predicted octanol–water partition coefficient (Wildman–Crippen LogP) is 2.35. The van der Waals surface area contributed by atoms with Gasteiger partial charge in [-0.2, -0.15) is 0 Å². The second-order valence-corrected chi connectivity index (χ2v) is 8.47. The van der Waals surface area contributed by atoms with Gasteiger partial charge in [-0.1, -0.05) is 12.1 Å². The summed E-state index contributed by atoms with van der Waals surface area (Å²) in [5, 5.41) is 19.1. The number of nitro benzene ring substituents is 1. The number of benzene rings is 1. The van der Waals surface area contributed by atoms with Gasteiger partial charge in [-0.05, 0) is 30.9 Å². The van der Waals surface area contributed by atoms with Crippen LogP contribution in [-0.4, -0.2) is 45.5 Å². The Bertz CT molecular complexity index is 904. The summed E-state index contributed by atoms with van der Waals surface area (Å²) in [5.74, 6) is 0.605. The minimum Gasteiger partial charge on any atom is -0.357 e. The van der Waals surface area contributed by atoms with Crippen LogP contribution < -0.4 is 15.4 Å². The van der Waals surface area contributed by atoms with E-state index in [9.17, 15) is 18.5 Å². The summed E-state index contributed by atoms with van der Waals surface area (Å²) < 4.78 is 26.9. The Balaban J connectivity index is 0.00000420. The summed E-state index contributed by atoms with van der Waals surface area (Å²) >= 11 is 1.69. The largest absolute Gasteiger partial charge is 0.357 e. The van der Waals surface area contributed by atoms with Crippen molar-refractivity contribution in [1.82, 2.24) is 15.4 Å². The van der Waals surface area contributed by atoms with Crippen molar-refractivity contribution in [3.63, 3.8) is 0 Å². The van der Waals surface area contributed by atoms with Gasteiger partial charge in [-0.3, -0.25) is 15.1 Å². The maximum atomic E-state index is 12.3. The number of non-ortho nitro benzene ring substituents is 1. The first-order chi connectivity index (χ1) is 13.4. The molecule has 160 valence electrons. The lowest BCUT2D eigenvalue weighted by molar-refractivity contribution is -0.385. The second-order valence-electron chi connectivity index (χ2n) is 5.67. The van der Waals surface area contributed by atoms with Crippen LogP contribution >= 0.6 is 35.3 Å². The molecule has 0 aliphatic heterocycles. The van der Waals surface area contributed by atoms with Crippen molar-refractivity contribution in [2.24, 2.45) is 4.99 Å². The van der Waals surface area contributed by atoms with Crippen molar-refractivity contribution < 1.29 is 13.3 Å². The number of nitro groups is 1. The van der Waals surface area contributed by atoms with Gasteiger partial charge in [0.25, 0.3) is 5.69 Å². The molecule has 0 bridgehead atoms. The van der Waals surface area contributed by atoms with Crippen molar-refractivity contribution in [2.75, 3.05) is 26.2 Å². The summed E-state index contributed by atoms with van der Waals surface area (Å²) in [4.78, 5) is 15.6. The van der Waals surface area contributed by atoms with Crippen molar-refractivity contribution in [2.45, 2.75) is 18.2 Å². The standard InChI is InChI=1S/C17H23N5O4S2.HI/c1-2-18-17(19-9-8-15-6-4-12-27-15)20-10-11-21-28(25,26)16-7-3-5-14(13-16)22(23)24;/h3-7,12-13,21H,2,8-11H2,1H3,(H2,18,19,20);1H. The molecule has 0 aliphatic carbocycles. The SMILES string of the molecule is CCNC(=NCCNS(=O)(=O)c1cccc([N+](=O)[O-])c1)NCCc1cccs1.I. The second kappa shape index (κ2) is 12.7. The molecule has 1 aromatic carbocycles. The highest BCUT2D eigenvalue weighted by Gasteiger charge is 2.16. The number of nitrogens with one attached hydrogen (secondary N) is 3. The van der Waals surface area contributed by atoms with Gasteiger partial charge in [0.05, 0.1) is 16.4 Å². The highest BCUT2D eigenvalue weighted by atomic mass is 127. The molecule has 1 heterocycles. The van der Waals surface area contributed by atoms with Crippen LogP contribution in [-0.2, 0) is 16.4 Å². The number of guanidine groups is 1. The van der Waals surface area contributed by atoms with Crippen molar-refractivity contribution >= 4 is 57.0 Å². The number of aliphatic imine (C=N–C) groups is 1. The number of hydrogen-bond donors (Lipinski definition) is 3. The maximum absolute atomic E-state index is 12.3. The number of thiophene rings is 1. The molecule has 12 heteroatoms. The Morgan fingerprint density at radius 3 is 2.66 bits per heavy atom. The Hall–Kier alpha value is -1.77. The van der Waals surface area contributed by atoms with E-state index >= 15 is 0 Å². The van der Waals surface area contributed by atoms with Crippen molar-refractivity contribution in [1.29, 1.82) is 0 Å². The highest BCUT2D eigenvalue weighted by molar-refractivity contribution is 14.0. The number of sulfonamides is 1. The molecule has 0 spiro atoms. The third-order valence-corrected chi connectivity index (χ3v) is 6.00. The fourth-order valence-corrected chi connectivity index (χ4v) is 4.07. The first-order valence-corrected chi connectivity index (χ1v) is 11.1. The molecule has 3 N–H and O–H groups in total. The van der Waals surface area contributed by atoms with E-state index in [4.69, 9.17) is 0 Å². The molecule has 0 unspecified atom stereocenters. The molecule has 0 radical (unpaired) electrons. The molecule has 9 nitrogen and oxygen atoms in total. The molecule has 1 aromatic heterocycles. The lowest BCUT2D eigenvalue weighted by atomic mass is 10.3. The normalized spacial score (nSPS) is 11.6. The Kier molecular flexibility index (Phi) is 11.1. The van der Waals surface area contributed by atoms with Crippen LogP contribution in [0, 0.1) is 10.1 Å². The summed E-state index contributed by atoms with van der Waals surface area (Å²) in [6, 6.07) is 9.00. The number of rotatable bonds is 10. The molecule has 2 aromatic rings. The third kappa shape index (κ3) is 8.64. The van der Waals surface area contributed by atoms with E-state index in [-0.39, 0.29) is 47.6 Å². The summed E-state index contributed by atoms with van der Waals surface area (Å²) in [6.07, 6.45) is 0.876. The first-order valence-electron chi connectivity index (χ1n) is 8.71. The first kappa shape index (κ1) is 25.3. The van der Waals surface area contributed by atoms with Gasteiger partial charge in [-0.25, -0.2) is 13.1 Å². The van der Waals surface area contributed by atoms with E-state index in [1.165, 1.54) is 23.1 Å². The lowest BCUT2D eigenvalue weighted by Crippen LogP contribution is -2.39. The summed E-state index contributed by atoms with van der Waals surface area (Å²) in [5.41, 5.74) is -0.273. The van der Waals surface area contributed by atoms with Gasteiger partial charge in [0.1, 0.15) is 0 Å². The zero-order valence-corrected chi connectivity index (χ0v) is 19.8. The minimum atomic E-state index is -3.84. The van der Waals surface area contributed by atoms with Crippen LogP contribution in [0.25, 0.3) is 0 Å². The van der Waals surface area contributed by atoms with E-state index in [1.54, 1.807) is 11.3 Å². The topological polar surface area (TPSA) is 126 Å². The Morgan fingerprint density at radius 2 is 2.00 bits per heavy atom. The predicted molar refractivity (Wildman–Crippen MR) is 126 cm³/mol. The van der Waals surface area contributed by atoms with E-state index in [2.05, 4.69) is 26.4 Å². The summed E-state index contributed by atoms with van der Waals surface area (Å²) in [6.45, 7) is 3.65. The molecule has 0 amide bonds. The minimum absolute atomic E-state index is 0. The third-order valence-electron chi connectivity index (χ3n) is 3.60. The van der Waals surface area contributed by atoms with Gasteiger partial charge in [0.15, 0.2) is 5.96 Å². The molecule has 0 saturated heterocycles. The summed E-state index contributed by atoms with van der Waals surface area (Å²) in [7, 11) is -3.84. The van der Waals surface area contributed by atoms with Gasteiger partial charge >= 0.3 is 0 Å². The Labute approximate surface area is 191 Å². The van der Waals surface area contributed by atoms with Crippen LogP contribution in [0.4, 0.5) is 5.69 Å². The van der Waals surface area contributed by atoms with Crippen LogP contribution in [0.5, 0.6) is 0 Å². The van der Waals surface area contributed by atoms with Crippen molar-refractivity contribution in [3.8, 4) is 0 Å². The average Bonchev–Trinajstić information content (AvgIpc) is 3.18. The van der Waals surface area contributed by atoms with Crippen LogP contribution in [0.1, 0.15) is 11.8 Å². The molecule has 29 heavy (non-hydrogen) atoms. The van der Waals surface area contributed by atoms with Gasteiger partial charge < -0.3 is 10.6 Å². The molecule has 0 aliphatic rings. The molecule has 0 atom stereocenters. The molecule has 2 rings (SSSR count). The van der Waals surface area contributed by atoms with Crippen LogP contribution in [0.3, 0.4) is 0 Å². The molecular weight excluding hydrogens is 529 g/mol. The zero-order valence-electron chi connectivity index (χ0n) is 15.8. The van der Waals surface area contributed by atoms with Gasteiger partial charge in [0.2, 0.25) is 10.0 Å². The fraction of sp³-hybridized carbons (Fsp3) is 0.353. The van der Waals surface area contributed by atoms with E-state index in [0.717, 1.165) is 12.5 Å². The van der Waals surface area contributed by atoms with Gasteiger partial charge in [0, 0.05) is 36.6 Å². The van der Waals surface area contributed by atoms with Crippen LogP contribution in [0.15, 0.2) is 51.7 Å². The quantitative estimate of drug-likeness (QED) is 0.104. The van der Waals surface area contributed by atoms with E-state index in [0.29, 0.717) is 19.0 Å². The maximum Gasteiger partial charge on any atom is 0.270 e. The van der Waals surface area contributed by atoms with Crippen molar-refractivity contribution in [3.05, 3.63) is 56.8 Å². The Morgan fingerprint density at radius 1 is 1.21 bits per heavy atom. The molecule has 0 saturated carbocycles. The fourth-order valence-electron chi connectivity index (χ4n) is 2.30. The van der Waals surface area contributed by atoms with Gasteiger partial charge in [-0.15, -0.1) is 35.3 Å². The number of hydrogen-bond acceptors (Lipinski definition) is 6. The number of nitrogens with zero attached hydrogens (tertiary/aromatic N) is 2. The molecular formula is C17H24IN5O4S2. The molecule has 0 fully saturated rings. The smallest absolute Gasteiger partial charge is 0.270 e. The van der Waals surface area contributed by atoms with E-state index in [1.807, 2.05) is 18.4 Å². The van der Waals surface area contributed by atoms with Crippen LogP contribution in [0.2, 0.25) is 0 Å². The zero-order chi connectivity index (χ0) is 20.4.